The summed E-state index contributed by atoms with van der Waals surface area (Å²) in [6.07, 6.45) is 2.63. The van der Waals surface area contributed by atoms with E-state index in [0.717, 1.165) is 17.4 Å². The summed E-state index contributed by atoms with van der Waals surface area (Å²) in [5.74, 6) is -0.191. The summed E-state index contributed by atoms with van der Waals surface area (Å²) in [5, 5.41) is 8.36. The Balaban J connectivity index is 0.00000169. The Morgan fingerprint density at radius 1 is 1.36 bits per heavy atom. The molecule has 1 aromatic rings. The second-order valence-corrected chi connectivity index (χ2v) is 2.44. The van der Waals surface area contributed by atoms with Crippen molar-refractivity contribution in [2.45, 2.75) is 0 Å². The maximum atomic E-state index is 10.2. The Kier molecular flexibility index (Phi) is 5.68. The van der Waals surface area contributed by atoms with Crippen LogP contribution in [0.4, 0.5) is 0 Å². The van der Waals surface area contributed by atoms with Crippen LogP contribution in [0.25, 0.3) is 6.08 Å². The quantitative estimate of drug-likeness (QED) is 0.640. The number of carboxylic acids is 1. The fourth-order valence-corrected chi connectivity index (χ4v) is 0.883. The molecule has 4 heteroatoms. The van der Waals surface area contributed by atoms with Crippen LogP contribution in [-0.2, 0) is 21.9 Å². The summed E-state index contributed by atoms with van der Waals surface area (Å²) in [4.78, 5) is 10.2. The van der Waals surface area contributed by atoms with E-state index >= 15 is 0 Å². The summed E-state index contributed by atoms with van der Waals surface area (Å²) in [5.41, 5.74) is 0.836. The zero-order valence-electron chi connectivity index (χ0n) is 7.58. The van der Waals surface area contributed by atoms with E-state index in [1.807, 2.05) is 0 Å². The van der Waals surface area contributed by atoms with Gasteiger partial charge in [0.2, 0.25) is 0 Å². The van der Waals surface area contributed by atoms with E-state index < -0.39 is 5.97 Å². The molecule has 0 unspecified atom stereocenters. The molecule has 0 saturated heterocycles. The van der Waals surface area contributed by atoms with Crippen LogP contribution in [0.3, 0.4) is 0 Å². The van der Waals surface area contributed by atoms with E-state index in [-0.39, 0.29) is 17.1 Å². The molecule has 1 N–H and O–H groups in total. The molecule has 0 aliphatic rings. The predicted octanol–water partition coefficient (Wildman–Crippen LogP) is 1.79. The topological polar surface area (TPSA) is 46.5 Å². The second kappa shape index (κ2) is 6.24. The molecule has 1 rings (SSSR count). The van der Waals surface area contributed by atoms with E-state index in [2.05, 4.69) is 0 Å². The fraction of sp³-hybridized carbons (Fsp3) is 0.100. The standard InChI is InChI=1S/C10H10O3.Fe/c1-13-9-5-2-8(3-6-9)4-7-10(11)12;/h2-7H,1H3,(H,11,12);/b7-4+;. The summed E-state index contributed by atoms with van der Waals surface area (Å²) in [6, 6.07) is 7.14. The summed E-state index contributed by atoms with van der Waals surface area (Å²) in [7, 11) is 1.59. The van der Waals surface area contributed by atoms with Gasteiger partial charge in [0.05, 0.1) is 7.11 Å². The van der Waals surface area contributed by atoms with Gasteiger partial charge in [0.15, 0.2) is 0 Å². The first-order valence-corrected chi connectivity index (χ1v) is 3.77. The van der Waals surface area contributed by atoms with Gasteiger partial charge in [0, 0.05) is 23.1 Å². The van der Waals surface area contributed by atoms with Crippen LogP contribution >= 0.6 is 0 Å². The van der Waals surface area contributed by atoms with Crippen molar-refractivity contribution in [2.24, 2.45) is 0 Å². The third-order valence-corrected chi connectivity index (χ3v) is 1.53. The summed E-state index contributed by atoms with van der Waals surface area (Å²) < 4.78 is 4.95. The van der Waals surface area contributed by atoms with Crippen LogP contribution in [0, 0.1) is 0 Å². The van der Waals surface area contributed by atoms with Crippen molar-refractivity contribution in [1.82, 2.24) is 0 Å². The number of carbonyl (C=O) groups is 1. The molecular formula is C10H10FeO3. The maximum absolute atomic E-state index is 10.2. The Labute approximate surface area is 92.9 Å². The minimum atomic E-state index is -0.948. The van der Waals surface area contributed by atoms with Crippen LogP contribution in [0.15, 0.2) is 30.3 Å². The van der Waals surface area contributed by atoms with Gasteiger partial charge in [-0.2, -0.15) is 0 Å². The van der Waals surface area contributed by atoms with Gasteiger partial charge in [0.25, 0.3) is 0 Å². The molecule has 14 heavy (non-hydrogen) atoms. The molecular weight excluding hydrogens is 224 g/mol. The van der Waals surface area contributed by atoms with E-state index in [0.29, 0.717) is 0 Å². The van der Waals surface area contributed by atoms with E-state index in [1.54, 1.807) is 31.4 Å². The third kappa shape index (κ3) is 4.12. The summed E-state index contributed by atoms with van der Waals surface area (Å²) >= 11 is 0. The first kappa shape index (κ1) is 12.7. The van der Waals surface area contributed by atoms with Crippen molar-refractivity contribution in [3.63, 3.8) is 0 Å². The smallest absolute Gasteiger partial charge is 0.328 e. The molecule has 0 spiro atoms. The molecule has 0 aliphatic heterocycles. The molecule has 0 aliphatic carbocycles. The fourth-order valence-electron chi connectivity index (χ4n) is 0.883. The minimum Gasteiger partial charge on any atom is -0.497 e. The number of aliphatic carboxylic acids is 1. The molecule has 1 aromatic carbocycles. The second-order valence-electron chi connectivity index (χ2n) is 2.44. The Hall–Kier alpha value is -1.25. The number of carboxylic acid groups (broad SMARTS) is 1. The predicted molar refractivity (Wildman–Crippen MR) is 49.7 cm³/mol. The molecule has 0 radical (unpaired) electrons. The molecule has 0 saturated carbocycles. The van der Waals surface area contributed by atoms with Gasteiger partial charge in [-0.25, -0.2) is 4.79 Å². The number of hydrogen-bond acceptors (Lipinski definition) is 2. The van der Waals surface area contributed by atoms with Crippen LogP contribution < -0.4 is 4.74 Å². The van der Waals surface area contributed by atoms with Crippen LogP contribution in [0.5, 0.6) is 5.75 Å². The third-order valence-electron chi connectivity index (χ3n) is 1.53. The van der Waals surface area contributed by atoms with Gasteiger partial charge in [-0.3, -0.25) is 0 Å². The Bertz CT molecular complexity index is 317. The van der Waals surface area contributed by atoms with Crippen molar-refractivity contribution < 1.29 is 31.7 Å². The van der Waals surface area contributed by atoms with Gasteiger partial charge >= 0.3 is 5.97 Å². The molecule has 3 nitrogen and oxygen atoms in total. The van der Waals surface area contributed by atoms with Crippen molar-refractivity contribution in [1.29, 1.82) is 0 Å². The molecule has 0 aromatic heterocycles. The van der Waals surface area contributed by atoms with Crippen LogP contribution in [0.1, 0.15) is 5.56 Å². The first-order valence-electron chi connectivity index (χ1n) is 3.77. The number of rotatable bonds is 3. The van der Waals surface area contributed by atoms with Gasteiger partial charge in [-0.1, -0.05) is 12.1 Å². The van der Waals surface area contributed by atoms with E-state index in [4.69, 9.17) is 9.84 Å². The number of methoxy groups -OCH3 is 1. The van der Waals surface area contributed by atoms with Gasteiger partial charge in [0.1, 0.15) is 5.75 Å². The molecule has 0 bridgehead atoms. The first-order chi connectivity index (χ1) is 6.22. The number of ether oxygens (including phenoxy) is 1. The van der Waals surface area contributed by atoms with Crippen LogP contribution in [-0.4, -0.2) is 18.2 Å². The molecule has 0 atom stereocenters. The van der Waals surface area contributed by atoms with Crippen molar-refractivity contribution in [2.75, 3.05) is 7.11 Å². The van der Waals surface area contributed by atoms with Crippen molar-refractivity contribution in [3.8, 4) is 5.75 Å². The maximum Gasteiger partial charge on any atom is 0.328 e. The minimum absolute atomic E-state index is 0. The molecule has 76 valence electrons. The Morgan fingerprint density at radius 2 is 1.93 bits per heavy atom. The molecule has 0 heterocycles. The van der Waals surface area contributed by atoms with Gasteiger partial charge < -0.3 is 9.84 Å². The number of hydrogen-bond donors (Lipinski definition) is 1. The van der Waals surface area contributed by atoms with E-state index in [9.17, 15) is 4.79 Å². The number of benzene rings is 1. The van der Waals surface area contributed by atoms with Crippen molar-refractivity contribution in [3.05, 3.63) is 35.9 Å². The zero-order chi connectivity index (χ0) is 9.68. The average molecular weight is 234 g/mol. The normalized spacial score (nSPS) is 9.50. The monoisotopic (exact) mass is 234 g/mol. The van der Waals surface area contributed by atoms with Crippen molar-refractivity contribution >= 4 is 12.0 Å². The SMILES string of the molecule is COc1ccc(/C=C/C(=O)O)cc1.[Fe]. The van der Waals surface area contributed by atoms with Gasteiger partial charge in [-0.05, 0) is 23.8 Å². The Morgan fingerprint density at radius 3 is 2.36 bits per heavy atom. The van der Waals surface area contributed by atoms with E-state index in [1.165, 1.54) is 6.08 Å². The molecule has 0 fully saturated rings. The zero-order valence-corrected chi connectivity index (χ0v) is 8.69. The average Bonchev–Trinajstić information content (AvgIpc) is 2.15. The summed E-state index contributed by atoms with van der Waals surface area (Å²) in [6.45, 7) is 0. The van der Waals surface area contributed by atoms with Crippen LogP contribution in [0.2, 0.25) is 0 Å². The van der Waals surface area contributed by atoms with Gasteiger partial charge in [-0.15, -0.1) is 0 Å². The largest absolute Gasteiger partial charge is 0.497 e. The molecule has 0 amide bonds.